The minimum atomic E-state index is 0. The lowest BCUT2D eigenvalue weighted by molar-refractivity contribution is 0.402. The summed E-state index contributed by atoms with van der Waals surface area (Å²) in [4.78, 5) is 6.10. The zero-order valence-electron chi connectivity index (χ0n) is 9.68. The Hall–Kier alpha value is -0.820. The van der Waals surface area contributed by atoms with Gasteiger partial charge in [-0.05, 0) is 25.2 Å². The molecule has 1 aromatic rings. The van der Waals surface area contributed by atoms with E-state index in [1.165, 1.54) is 5.56 Å². The molecule has 0 heterocycles. The highest BCUT2D eigenvalue weighted by atomic mass is 127. The van der Waals surface area contributed by atoms with Crippen LogP contribution in [0.3, 0.4) is 0 Å². The van der Waals surface area contributed by atoms with Crippen molar-refractivity contribution in [3.63, 3.8) is 0 Å². The predicted octanol–water partition coefficient (Wildman–Crippen LogP) is 1.14. The molecule has 0 saturated heterocycles. The monoisotopic (exact) mass is 334 g/mol. The molecular weight excluding hydrogens is 315 g/mol. The van der Waals surface area contributed by atoms with Gasteiger partial charge in [-0.1, -0.05) is 24.3 Å². The van der Waals surface area contributed by atoms with Crippen molar-refractivity contribution < 1.29 is 0 Å². The number of hydrogen-bond acceptors (Lipinski definition) is 2. The first-order valence-electron chi connectivity index (χ1n) is 4.86. The van der Waals surface area contributed by atoms with Crippen molar-refractivity contribution in [1.29, 1.82) is 0 Å². The van der Waals surface area contributed by atoms with Crippen LogP contribution in [0, 0.1) is 0 Å². The van der Waals surface area contributed by atoms with E-state index in [0.29, 0.717) is 6.54 Å². The Morgan fingerprint density at radius 1 is 1.25 bits per heavy atom. The van der Waals surface area contributed by atoms with Gasteiger partial charge in [-0.3, -0.25) is 0 Å². The van der Waals surface area contributed by atoms with E-state index >= 15 is 0 Å². The van der Waals surface area contributed by atoms with Gasteiger partial charge in [0.05, 0.1) is 6.54 Å². The topological polar surface area (TPSA) is 67.6 Å². The summed E-state index contributed by atoms with van der Waals surface area (Å²) in [5.74, 6) is 0.132. The number of nitrogens with zero attached hydrogens (tertiary/aromatic N) is 2. The summed E-state index contributed by atoms with van der Waals surface area (Å²) in [5, 5.41) is 0. The predicted molar refractivity (Wildman–Crippen MR) is 78.8 cm³/mol. The summed E-state index contributed by atoms with van der Waals surface area (Å²) in [6.45, 7) is 1.47. The van der Waals surface area contributed by atoms with Crippen LogP contribution in [0.5, 0.6) is 0 Å². The van der Waals surface area contributed by atoms with E-state index in [2.05, 4.69) is 22.0 Å². The summed E-state index contributed by atoms with van der Waals surface area (Å²) in [6, 6.07) is 8.26. The average molecular weight is 334 g/mol. The molecule has 0 aromatic heterocycles. The standard InChI is InChI=1S/C11H18N4.HI/c1-15(2)8-10-5-3-4-9(6-10)7-14-11(12)13;/h3-6H,7-8H2,1-2H3,(H4,12,13,14);1H. The number of aliphatic imine (C=N–C) groups is 1. The molecule has 0 fully saturated rings. The second kappa shape index (κ2) is 7.45. The van der Waals surface area contributed by atoms with Gasteiger partial charge < -0.3 is 16.4 Å². The third-order valence-electron chi connectivity index (χ3n) is 1.93. The molecule has 0 atom stereocenters. The molecule has 5 heteroatoms. The van der Waals surface area contributed by atoms with Crippen molar-refractivity contribution in [3.05, 3.63) is 35.4 Å². The van der Waals surface area contributed by atoms with Crippen LogP contribution in [0.1, 0.15) is 11.1 Å². The summed E-state index contributed by atoms with van der Waals surface area (Å²) in [6.07, 6.45) is 0. The molecule has 0 spiro atoms. The van der Waals surface area contributed by atoms with Crippen LogP contribution in [0.2, 0.25) is 0 Å². The molecule has 0 aliphatic rings. The zero-order chi connectivity index (χ0) is 11.3. The fourth-order valence-electron chi connectivity index (χ4n) is 1.37. The molecule has 0 aliphatic heterocycles. The third-order valence-corrected chi connectivity index (χ3v) is 1.93. The van der Waals surface area contributed by atoms with Crippen molar-refractivity contribution in [2.75, 3.05) is 14.1 Å². The van der Waals surface area contributed by atoms with Gasteiger partial charge in [0.25, 0.3) is 0 Å². The van der Waals surface area contributed by atoms with E-state index in [1.807, 2.05) is 26.2 Å². The number of benzene rings is 1. The van der Waals surface area contributed by atoms with Crippen molar-refractivity contribution in [3.8, 4) is 0 Å². The average Bonchev–Trinajstić information content (AvgIpc) is 2.14. The molecule has 0 bridgehead atoms. The normalized spacial score (nSPS) is 9.69. The second-order valence-electron chi connectivity index (χ2n) is 3.80. The van der Waals surface area contributed by atoms with Crippen LogP contribution in [-0.4, -0.2) is 25.0 Å². The van der Waals surface area contributed by atoms with E-state index < -0.39 is 0 Å². The molecule has 0 aliphatic carbocycles. The zero-order valence-corrected chi connectivity index (χ0v) is 12.0. The van der Waals surface area contributed by atoms with Crippen LogP contribution in [0.4, 0.5) is 0 Å². The maximum absolute atomic E-state index is 5.28. The van der Waals surface area contributed by atoms with Gasteiger partial charge in [-0.2, -0.15) is 0 Å². The Bertz CT molecular complexity index is 346. The summed E-state index contributed by atoms with van der Waals surface area (Å²) < 4.78 is 0. The van der Waals surface area contributed by atoms with E-state index in [1.54, 1.807) is 0 Å². The summed E-state index contributed by atoms with van der Waals surface area (Å²) in [5.41, 5.74) is 13.0. The number of halogens is 1. The lowest BCUT2D eigenvalue weighted by Gasteiger charge is -2.10. The Labute approximate surface area is 114 Å². The maximum Gasteiger partial charge on any atom is 0.186 e. The number of hydrogen-bond donors (Lipinski definition) is 2. The van der Waals surface area contributed by atoms with Crippen molar-refractivity contribution >= 4 is 29.9 Å². The van der Waals surface area contributed by atoms with Gasteiger partial charge in [0, 0.05) is 6.54 Å². The lowest BCUT2D eigenvalue weighted by atomic mass is 10.1. The molecule has 1 rings (SSSR count). The van der Waals surface area contributed by atoms with Gasteiger partial charge in [0.1, 0.15) is 0 Å². The maximum atomic E-state index is 5.28. The SMILES string of the molecule is CN(C)Cc1cccc(CN=C(N)N)c1.I. The Kier molecular flexibility index (Phi) is 7.07. The quantitative estimate of drug-likeness (QED) is 0.493. The third kappa shape index (κ3) is 5.92. The van der Waals surface area contributed by atoms with Gasteiger partial charge in [0.15, 0.2) is 5.96 Å². The largest absolute Gasteiger partial charge is 0.370 e. The molecule has 0 amide bonds. The molecule has 0 saturated carbocycles. The van der Waals surface area contributed by atoms with Gasteiger partial charge in [0.2, 0.25) is 0 Å². The van der Waals surface area contributed by atoms with Crippen molar-refractivity contribution in [2.24, 2.45) is 16.5 Å². The molecule has 0 unspecified atom stereocenters. The molecule has 4 N–H and O–H groups in total. The smallest absolute Gasteiger partial charge is 0.186 e. The Balaban J connectivity index is 0.00000225. The number of nitrogens with two attached hydrogens (primary N) is 2. The van der Waals surface area contributed by atoms with Crippen LogP contribution in [0.15, 0.2) is 29.3 Å². The van der Waals surface area contributed by atoms with E-state index in [9.17, 15) is 0 Å². The van der Waals surface area contributed by atoms with E-state index in [0.717, 1.165) is 12.1 Å². The first-order chi connectivity index (χ1) is 7.08. The van der Waals surface area contributed by atoms with Gasteiger partial charge in [-0.15, -0.1) is 24.0 Å². The number of rotatable bonds is 4. The summed E-state index contributed by atoms with van der Waals surface area (Å²) in [7, 11) is 4.09. The Morgan fingerprint density at radius 2 is 1.88 bits per heavy atom. The van der Waals surface area contributed by atoms with E-state index in [-0.39, 0.29) is 29.9 Å². The lowest BCUT2D eigenvalue weighted by Crippen LogP contribution is -2.22. The van der Waals surface area contributed by atoms with Crippen LogP contribution >= 0.6 is 24.0 Å². The minimum Gasteiger partial charge on any atom is -0.370 e. The van der Waals surface area contributed by atoms with Crippen LogP contribution in [-0.2, 0) is 13.1 Å². The first-order valence-corrected chi connectivity index (χ1v) is 4.86. The fraction of sp³-hybridized carbons (Fsp3) is 0.364. The van der Waals surface area contributed by atoms with Crippen molar-refractivity contribution in [2.45, 2.75) is 13.1 Å². The van der Waals surface area contributed by atoms with Crippen molar-refractivity contribution in [1.82, 2.24) is 4.90 Å². The highest BCUT2D eigenvalue weighted by Crippen LogP contribution is 2.07. The van der Waals surface area contributed by atoms with Crippen LogP contribution < -0.4 is 11.5 Å². The second-order valence-corrected chi connectivity index (χ2v) is 3.80. The molecule has 4 nitrogen and oxygen atoms in total. The highest BCUT2D eigenvalue weighted by Gasteiger charge is 1.97. The van der Waals surface area contributed by atoms with Gasteiger partial charge >= 0.3 is 0 Å². The molecule has 1 aromatic carbocycles. The highest BCUT2D eigenvalue weighted by molar-refractivity contribution is 14.0. The fourth-order valence-corrected chi connectivity index (χ4v) is 1.37. The van der Waals surface area contributed by atoms with Gasteiger partial charge in [-0.25, -0.2) is 4.99 Å². The first kappa shape index (κ1) is 15.2. The number of guanidine groups is 1. The molecule has 16 heavy (non-hydrogen) atoms. The van der Waals surface area contributed by atoms with Crippen LogP contribution in [0.25, 0.3) is 0 Å². The minimum absolute atomic E-state index is 0. The van der Waals surface area contributed by atoms with E-state index in [4.69, 9.17) is 11.5 Å². The molecular formula is C11H19IN4. The molecule has 90 valence electrons. The molecule has 0 radical (unpaired) electrons. The summed E-state index contributed by atoms with van der Waals surface area (Å²) >= 11 is 0. The Morgan fingerprint density at radius 3 is 2.44 bits per heavy atom.